The van der Waals surface area contributed by atoms with Crippen LogP contribution in [0, 0.1) is 11.8 Å². The zero-order chi connectivity index (χ0) is 31.7. The number of carboxylic acid groups (broad SMARTS) is 1. The number of carbonyl (C=O) groups is 5. The molecule has 14 heteroatoms. The van der Waals surface area contributed by atoms with Crippen LogP contribution in [-0.4, -0.2) is 89.4 Å². The number of hydrogen-bond donors (Lipinski definition) is 7. The second kappa shape index (κ2) is 19.6. The molecule has 4 amide bonds. The number of guanidine groups is 1. The molecule has 0 spiro atoms. The van der Waals surface area contributed by atoms with Crippen LogP contribution in [0.3, 0.4) is 0 Å². The molecular weight excluding hydrogens is 532 g/mol. The van der Waals surface area contributed by atoms with E-state index in [0.29, 0.717) is 45.2 Å². The Balaban J connectivity index is 0.00000373. The molecule has 0 radical (unpaired) electrons. The third-order valence-electron chi connectivity index (χ3n) is 6.15. The maximum Gasteiger partial charge on any atom is 0.300 e. The van der Waals surface area contributed by atoms with Gasteiger partial charge in [-0.15, -0.1) is 0 Å². The molecule has 41 heavy (non-hydrogen) atoms. The molecule has 236 valence electrons. The Bertz CT molecular complexity index is 887. The summed E-state index contributed by atoms with van der Waals surface area (Å²) in [5.74, 6) is -1.97. The number of nitrogens with two attached hydrogens (primary N) is 3. The number of aliphatic imine (C=N–C) groups is 1. The molecule has 1 fully saturated rings. The van der Waals surface area contributed by atoms with Gasteiger partial charge in [-0.2, -0.15) is 0 Å². The topological polar surface area (TPSA) is 235 Å². The lowest BCUT2D eigenvalue weighted by Gasteiger charge is -2.30. The number of amides is 4. The lowest BCUT2D eigenvalue weighted by Crippen LogP contribution is -2.58. The Morgan fingerprint density at radius 3 is 2.05 bits per heavy atom. The molecular formula is C27H52N8O6. The van der Waals surface area contributed by atoms with Gasteiger partial charge in [-0.1, -0.05) is 27.7 Å². The van der Waals surface area contributed by atoms with Crippen LogP contribution in [0.2, 0.25) is 0 Å². The van der Waals surface area contributed by atoms with Crippen LogP contribution >= 0.6 is 0 Å². The van der Waals surface area contributed by atoms with Gasteiger partial charge in [0.1, 0.15) is 18.1 Å². The van der Waals surface area contributed by atoms with E-state index in [2.05, 4.69) is 20.9 Å². The Morgan fingerprint density at radius 1 is 0.976 bits per heavy atom. The van der Waals surface area contributed by atoms with Crippen molar-refractivity contribution in [1.29, 1.82) is 0 Å². The molecule has 3 unspecified atom stereocenters. The van der Waals surface area contributed by atoms with E-state index in [1.165, 1.54) is 4.90 Å². The molecule has 4 atom stereocenters. The molecule has 0 aliphatic carbocycles. The predicted molar refractivity (Wildman–Crippen MR) is 157 cm³/mol. The van der Waals surface area contributed by atoms with Crippen LogP contribution in [-0.2, 0) is 24.0 Å². The fourth-order valence-electron chi connectivity index (χ4n) is 4.43. The van der Waals surface area contributed by atoms with Gasteiger partial charge in [-0.3, -0.25) is 29.0 Å². The van der Waals surface area contributed by atoms with Crippen LogP contribution in [0.5, 0.6) is 0 Å². The first-order valence-corrected chi connectivity index (χ1v) is 14.3. The summed E-state index contributed by atoms with van der Waals surface area (Å²) in [6.07, 6.45) is 2.84. The van der Waals surface area contributed by atoms with Gasteiger partial charge >= 0.3 is 0 Å². The number of hydrogen-bond acceptors (Lipinski definition) is 7. The van der Waals surface area contributed by atoms with Gasteiger partial charge in [0.15, 0.2) is 5.96 Å². The smallest absolute Gasteiger partial charge is 0.300 e. The van der Waals surface area contributed by atoms with Crippen molar-refractivity contribution >= 4 is 35.6 Å². The molecule has 1 aliphatic heterocycles. The van der Waals surface area contributed by atoms with E-state index in [-0.39, 0.29) is 42.6 Å². The molecule has 0 aromatic heterocycles. The summed E-state index contributed by atoms with van der Waals surface area (Å²) in [6.45, 7) is 11.9. The zero-order valence-electron chi connectivity index (χ0n) is 25.4. The van der Waals surface area contributed by atoms with Gasteiger partial charge in [0, 0.05) is 26.6 Å². The molecule has 0 bridgehead atoms. The highest BCUT2D eigenvalue weighted by molar-refractivity contribution is 5.95. The van der Waals surface area contributed by atoms with Crippen molar-refractivity contribution in [3.63, 3.8) is 0 Å². The van der Waals surface area contributed by atoms with Crippen molar-refractivity contribution in [2.45, 2.75) is 104 Å². The first kappa shape index (κ1) is 37.6. The normalized spacial score (nSPS) is 16.6. The number of likely N-dealkylation sites (N-methyl/N-ethyl adjacent to an activating group) is 1. The van der Waals surface area contributed by atoms with Gasteiger partial charge < -0.3 is 43.2 Å². The zero-order valence-corrected chi connectivity index (χ0v) is 25.4. The summed E-state index contributed by atoms with van der Waals surface area (Å²) in [4.78, 5) is 66.6. The molecule has 1 aliphatic rings. The quantitative estimate of drug-likeness (QED) is 0.0755. The summed E-state index contributed by atoms with van der Waals surface area (Å²) in [7, 11) is 0. The standard InChI is InChI=1S/C25H48N8O4.C2H4O2/c1-6-29-23(36)20-10-8-12-33(20)24(37)18(9-7-11-30-25(27)28)31-22(35)19(14-16(4)5)32-21(34)17(26)13-15(2)3;1-2(3)4/h15-20H,6-14,26H2,1-5H3,(H,29,36)(H,31,35)(H,32,34)(H4,27,28,30);1H3,(H,3,4)/t17?,18?,19?,20-;/m0./s1. The van der Waals surface area contributed by atoms with E-state index >= 15 is 0 Å². The number of likely N-dealkylation sites (tertiary alicyclic amines) is 1. The minimum atomic E-state index is -0.896. The summed E-state index contributed by atoms with van der Waals surface area (Å²) in [6, 6.07) is -3.06. The fourth-order valence-corrected chi connectivity index (χ4v) is 4.43. The van der Waals surface area contributed by atoms with Crippen molar-refractivity contribution in [3.8, 4) is 0 Å². The maximum atomic E-state index is 13.6. The van der Waals surface area contributed by atoms with Crippen molar-refractivity contribution in [2.24, 2.45) is 34.0 Å². The van der Waals surface area contributed by atoms with Gasteiger partial charge in [0.2, 0.25) is 23.6 Å². The highest BCUT2D eigenvalue weighted by atomic mass is 16.4. The van der Waals surface area contributed by atoms with Crippen LogP contribution in [0.15, 0.2) is 4.99 Å². The fraction of sp³-hybridized carbons (Fsp3) is 0.778. The highest BCUT2D eigenvalue weighted by Crippen LogP contribution is 2.20. The SMILES string of the molecule is CC(=O)O.CCNC(=O)[C@@H]1CCCN1C(=O)C(CCCN=C(N)N)NC(=O)C(CC(C)C)NC(=O)C(N)CC(C)C. The van der Waals surface area contributed by atoms with Gasteiger partial charge in [-0.25, -0.2) is 0 Å². The number of nitrogens with zero attached hydrogens (tertiary/aromatic N) is 2. The van der Waals surface area contributed by atoms with E-state index < -0.39 is 42.0 Å². The molecule has 0 aromatic rings. The second-order valence-corrected chi connectivity index (χ2v) is 11.0. The van der Waals surface area contributed by atoms with E-state index in [4.69, 9.17) is 27.1 Å². The van der Waals surface area contributed by atoms with E-state index in [9.17, 15) is 19.2 Å². The Morgan fingerprint density at radius 2 is 1.54 bits per heavy atom. The first-order valence-electron chi connectivity index (χ1n) is 14.3. The molecule has 1 rings (SSSR count). The van der Waals surface area contributed by atoms with Crippen LogP contribution in [0.4, 0.5) is 0 Å². The minimum absolute atomic E-state index is 0.0554. The highest BCUT2D eigenvalue weighted by Gasteiger charge is 2.38. The van der Waals surface area contributed by atoms with E-state index in [1.807, 2.05) is 34.6 Å². The van der Waals surface area contributed by atoms with Crippen molar-refractivity contribution in [3.05, 3.63) is 0 Å². The summed E-state index contributed by atoms with van der Waals surface area (Å²) in [5, 5.41) is 15.8. The molecule has 1 heterocycles. The average Bonchev–Trinajstić information content (AvgIpc) is 3.34. The Kier molecular flexibility index (Phi) is 18.0. The predicted octanol–water partition coefficient (Wildman–Crippen LogP) is -0.353. The Labute approximate surface area is 243 Å². The van der Waals surface area contributed by atoms with E-state index in [0.717, 1.165) is 6.92 Å². The molecule has 0 aromatic carbocycles. The van der Waals surface area contributed by atoms with Crippen molar-refractivity contribution in [1.82, 2.24) is 20.9 Å². The van der Waals surface area contributed by atoms with Crippen molar-refractivity contribution in [2.75, 3.05) is 19.6 Å². The Hall–Kier alpha value is -3.42. The number of nitrogens with one attached hydrogen (secondary N) is 3. The summed E-state index contributed by atoms with van der Waals surface area (Å²) in [5.41, 5.74) is 16.8. The number of rotatable bonds is 15. The number of carboxylic acids is 1. The molecule has 10 N–H and O–H groups in total. The lowest BCUT2D eigenvalue weighted by molar-refractivity contribution is -0.142. The molecule has 14 nitrogen and oxygen atoms in total. The molecule has 0 saturated carbocycles. The van der Waals surface area contributed by atoms with E-state index in [1.54, 1.807) is 0 Å². The summed E-state index contributed by atoms with van der Waals surface area (Å²) >= 11 is 0. The molecule has 1 saturated heterocycles. The van der Waals surface area contributed by atoms with Crippen LogP contribution in [0.25, 0.3) is 0 Å². The van der Waals surface area contributed by atoms with Gasteiger partial charge in [-0.05, 0) is 57.3 Å². The average molecular weight is 585 g/mol. The first-order chi connectivity index (χ1) is 19.1. The number of aliphatic carboxylic acids is 1. The third kappa shape index (κ3) is 15.8. The van der Waals surface area contributed by atoms with Gasteiger partial charge in [0.05, 0.1) is 6.04 Å². The van der Waals surface area contributed by atoms with Crippen LogP contribution < -0.4 is 33.2 Å². The van der Waals surface area contributed by atoms with Crippen LogP contribution in [0.1, 0.15) is 80.1 Å². The van der Waals surface area contributed by atoms with Crippen molar-refractivity contribution < 1.29 is 29.1 Å². The largest absolute Gasteiger partial charge is 0.481 e. The van der Waals surface area contributed by atoms with Gasteiger partial charge in [0.25, 0.3) is 5.97 Å². The lowest BCUT2D eigenvalue weighted by atomic mass is 10.00. The minimum Gasteiger partial charge on any atom is -0.481 e. The third-order valence-corrected chi connectivity index (χ3v) is 6.15. The maximum absolute atomic E-state index is 13.6. The number of carbonyl (C=O) groups excluding carboxylic acids is 4. The summed E-state index contributed by atoms with van der Waals surface area (Å²) < 4.78 is 0. The monoisotopic (exact) mass is 584 g/mol. The second-order valence-electron chi connectivity index (χ2n) is 11.0.